The zero-order chi connectivity index (χ0) is 29.0. The summed E-state index contributed by atoms with van der Waals surface area (Å²) in [5.41, 5.74) is -2.68. The smallest absolute Gasteiger partial charge is 0.350 e. The first-order chi connectivity index (χ1) is 15.5. The highest BCUT2D eigenvalue weighted by Gasteiger charge is 2.77. The average Bonchev–Trinajstić information content (AvgIpc) is 2.62. The largest absolute Gasteiger partial charge is 0.460 e. The van der Waals surface area contributed by atoms with Crippen molar-refractivity contribution in [1.29, 1.82) is 0 Å². The van der Waals surface area contributed by atoms with E-state index in [1.54, 1.807) is 0 Å². The molecule has 4 nitrogen and oxygen atoms in total. The fourth-order valence-corrected chi connectivity index (χ4v) is 4.19. The van der Waals surface area contributed by atoms with Gasteiger partial charge in [0, 0.05) is 12.6 Å². The second-order valence-corrected chi connectivity index (χ2v) is 9.71. The number of amides is 2. The summed E-state index contributed by atoms with van der Waals surface area (Å²) >= 11 is 0. The van der Waals surface area contributed by atoms with Crippen LogP contribution in [0.25, 0.3) is 0 Å². The highest BCUT2D eigenvalue weighted by atomic mass is 19.4. The van der Waals surface area contributed by atoms with Crippen molar-refractivity contribution in [3.8, 4) is 0 Å². The Balaban J connectivity index is 3.08. The van der Waals surface area contributed by atoms with E-state index in [2.05, 4.69) is 0 Å². The van der Waals surface area contributed by atoms with Gasteiger partial charge in [0.25, 0.3) is 11.8 Å². The maximum Gasteiger partial charge on any atom is 0.460 e. The molecule has 0 heterocycles. The van der Waals surface area contributed by atoms with Gasteiger partial charge in [-0.15, -0.1) is 0 Å². The van der Waals surface area contributed by atoms with Crippen molar-refractivity contribution in [3.63, 3.8) is 0 Å². The zero-order valence-corrected chi connectivity index (χ0v) is 18.5. The standard InChI is InChI=1S/C18H20F14N2O2/c1-11(2)4-8(34-10(36)14(21,22)16(25,26)18(30,31)32)5-12(3,6-11)7-33-9(35)13(19,20)15(23,24)17(27,28)29/h8H,4-7H2,1-3H3,(H,33,35)(H,34,36). The molecule has 212 valence electrons. The van der Waals surface area contributed by atoms with Crippen LogP contribution in [0.1, 0.15) is 40.0 Å². The molecule has 0 bridgehead atoms. The topological polar surface area (TPSA) is 58.2 Å². The Morgan fingerprint density at radius 1 is 0.694 bits per heavy atom. The molecule has 1 rings (SSSR count). The minimum Gasteiger partial charge on any atom is -0.350 e. The Bertz CT molecular complexity index is 850. The second-order valence-electron chi connectivity index (χ2n) is 9.71. The Kier molecular flexibility index (Phi) is 8.05. The summed E-state index contributed by atoms with van der Waals surface area (Å²) in [6.45, 7) is 2.76. The molecular weight excluding hydrogens is 542 g/mol. The molecular formula is C18H20F14N2O2. The molecule has 0 aromatic rings. The van der Waals surface area contributed by atoms with Gasteiger partial charge in [-0.1, -0.05) is 20.8 Å². The van der Waals surface area contributed by atoms with Crippen LogP contribution >= 0.6 is 0 Å². The fraction of sp³-hybridized carbons (Fsp3) is 0.889. The van der Waals surface area contributed by atoms with Crippen LogP contribution in [0.5, 0.6) is 0 Å². The van der Waals surface area contributed by atoms with Gasteiger partial charge in [-0.05, 0) is 30.1 Å². The first-order valence-corrected chi connectivity index (χ1v) is 9.78. The molecule has 1 saturated carbocycles. The van der Waals surface area contributed by atoms with E-state index < -0.39 is 77.7 Å². The highest BCUT2D eigenvalue weighted by Crippen LogP contribution is 2.49. The van der Waals surface area contributed by atoms with Gasteiger partial charge in [0.05, 0.1) is 0 Å². The monoisotopic (exact) mass is 562 g/mol. The first-order valence-electron chi connectivity index (χ1n) is 9.78. The van der Waals surface area contributed by atoms with Crippen LogP contribution in [0.15, 0.2) is 0 Å². The molecule has 0 radical (unpaired) electrons. The Morgan fingerprint density at radius 2 is 1.08 bits per heavy atom. The quantitative estimate of drug-likeness (QED) is 0.405. The predicted molar refractivity (Wildman–Crippen MR) is 92.6 cm³/mol. The van der Waals surface area contributed by atoms with E-state index in [9.17, 15) is 71.1 Å². The van der Waals surface area contributed by atoms with E-state index in [1.807, 2.05) is 0 Å². The van der Waals surface area contributed by atoms with Gasteiger partial charge >= 0.3 is 36.0 Å². The van der Waals surface area contributed by atoms with Crippen LogP contribution in [0, 0.1) is 10.8 Å². The number of hydrogen-bond acceptors (Lipinski definition) is 2. The minimum absolute atomic E-state index is 0.150. The Hall–Kier alpha value is -2.04. The first kappa shape index (κ1) is 32.0. The maximum atomic E-state index is 13.6. The van der Waals surface area contributed by atoms with Crippen molar-refractivity contribution in [2.24, 2.45) is 10.8 Å². The molecule has 0 aliphatic heterocycles. The molecule has 18 heteroatoms. The molecule has 1 fully saturated rings. The summed E-state index contributed by atoms with van der Waals surface area (Å²) in [5, 5.41) is 2.51. The van der Waals surface area contributed by atoms with Gasteiger partial charge in [-0.25, -0.2) is 0 Å². The van der Waals surface area contributed by atoms with Crippen molar-refractivity contribution < 1.29 is 71.1 Å². The lowest BCUT2D eigenvalue weighted by Crippen LogP contribution is -2.62. The van der Waals surface area contributed by atoms with Gasteiger partial charge in [0.2, 0.25) is 0 Å². The Morgan fingerprint density at radius 3 is 1.47 bits per heavy atom. The third-order valence-corrected chi connectivity index (χ3v) is 5.53. The van der Waals surface area contributed by atoms with E-state index in [0.29, 0.717) is 0 Å². The van der Waals surface area contributed by atoms with Crippen molar-refractivity contribution >= 4 is 11.8 Å². The van der Waals surface area contributed by atoms with E-state index in [0.717, 1.165) is 6.92 Å². The minimum atomic E-state index is -6.80. The summed E-state index contributed by atoms with van der Waals surface area (Å²) in [4.78, 5) is 23.2. The van der Waals surface area contributed by atoms with Gasteiger partial charge < -0.3 is 10.6 Å². The van der Waals surface area contributed by atoms with Crippen molar-refractivity contribution in [1.82, 2.24) is 10.6 Å². The van der Waals surface area contributed by atoms with Crippen molar-refractivity contribution in [2.75, 3.05) is 6.54 Å². The third-order valence-electron chi connectivity index (χ3n) is 5.53. The molecule has 0 aromatic carbocycles. The number of alkyl halides is 14. The zero-order valence-electron chi connectivity index (χ0n) is 18.5. The fourth-order valence-electron chi connectivity index (χ4n) is 4.19. The van der Waals surface area contributed by atoms with Crippen molar-refractivity contribution in [3.05, 3.63) is 0 Å². The van der Waals surface area contributed by atoms with E-state index in [-0.39, 0.29) is 12.8 Å². The van der Waals surface area contributed by atoms with Crippen LogP contribution in [-0.2, 0) is 9.59 Å². The lowest BCUT2D eigenvalue weighted by molar-refractivity contribution is -0.344. The molecule has 0 spiro atoms. The van der Waals surface area contributed by atoms with Gasteiger partial charge in [0.15, 0.2) is 0 Å². The lowest BCUT2D eigenvalue weighted by Gasteiger charge is -2.47. The summed E-state index contributed by atoms with van der Waals surface area (Å²) in [6, 6.07) is -1.60. The van der Waals surface area contributed by atoms with E-state index in [1.165, 1.54) is 24.5 Å². The predicted octanol–water partition coefficient (Wildman–Crippen LogP) is 5.47. The van der Waals surface area contributed by atoms with E-state index >= 15 is 0 Å². The van der Waals surface area contributed by atoms with Crippen LogP contribution in [0.2, 0.25) is 0 Å². The number of carbonyl (C=O) groups excluding carboxylic acids is 2. The second kappa shape index (κ2) is 9.06. The van der Waals surface area contributed by atoms with Crippen LogP contribution < -0.4 is 10.6 Å². The molecule has 1 aliphatic carbocycles. The van der Waals surface area contributed by atoms with Gasteiger partial charge in [-0.3, -0.25) is 9.59 Å². The molecule has 0 saturated heterocycles. The molecule has 2 unspecified atom stereocenters. The number of nitrogens with one attached hydrogen (secondary N) is 2. The van der Waals surface area contributed by atoms with Crippen LogP contribution in [0.4, 0.5) is 61.5 Å². The van der Waals surface area contributed by atoms with E-state index in [4.69, 9.17) is 0 Å². The molecule has 2 amide bonds. The summed E-state index contributed by atoms with van der Waals surface area (Å²) in [7, 11) is 0. The Labute approximate surface area is 194 Å². The number of hydrogen-bond donors (Lipinski definition) is 2. The molecule has 0 aromatic heterocycles. The van der Waals surface area contributed by atoms with Gasteiger partial charge in [0.1, 0.15) is 0 Å². The van der Waals surface area contributed by atoms with Crippen LogP contribution in [0.3, 0.4) is 0 Å². The summed E-state index contributed by atoms with van der Waals surface area (Å²) < 4.78 is 180. The molecule has 2 N–H and O–H groups in total. The summed E-state index contributed by atoms with van der Waals surface area (Å²) in [6.07, 6.45) is -14.7. The van der Waals surface area contributed by atoms with Crippen LogP contribution in [-0.4, -0.2) is 60.4 Å². The van der Waals surface area contributed by atoms with Crippen molar-refractivity contribution in [2.45, 2.75) is 82.1 Å². The SMILES string of the molecule is CC1(C)CC(NC(=O)C(F)(F)C(F)(F)C(F)(F)F)CC(C)(CNC(=O)C(F)(F)C(F)(F)C(F)(F)F)C1. The number of rotatable bonds is 7. The lowest BCUT2D eigenvalue weighted by atomic mass is 9.62. The molecule has 36 heavy (non-hydrogen) atoms. The normalized spacial score (nSPS) is 24.3. The highest BCUT2D eigenvalue weighted by molar-refractivity contribution is 5.85. The number of carbonyl (C=O) groups is 2. The van der Waals surface area contributed by atoms with Gasteiger partial charge in [-0.2, -0.15) is 61.5 Å². The third kappa shape index (κ3) is 5.92. The molecule has 2 atom stereocenters. The summed E-state index contributed by atoms with van der Waals surface area (Å²) in [5.74, 6) is -32.1. The molecule has 1 aliphatic rings. The average molecular weight is 562 g/mol. The maximum absolute atomic E-state index is 13.6. The number of halogens is 14.